The van der Waals surface area contributed by atoms with Gasteiger partial charge in [-0.05, 0) is 25.5 Å². The van der Waals surface area contributed by atoms with Gasteiger partial charge in [-0.3, -0.25) is 10.1 Å². The Bertz CT molecular complexity index is 620. The van der Waals surface area contributed by atoms with E-state index in [0.717, 1.165) is 25.9 Å². The molecule has 20 heavy (non-hydrogen) atoms. The molecule has 1 aliphatic heterocycles. The van der Waals surface area contributed by atoms with E-state index in [-0.39, 0.29) is 17.4 Å². The Hall–Kier alpha value is -2.28. The number of rotatable bonds is 3. The molecule has 0 aliphatic carbocycles. The summed E-state index contributed by atoms with van der Waals surface area (Å²) >= 11 is 0. The Morgan fingerprint density at radius 1 is 1.40 bits per heavy atom. The molecule has 7 nitrogen and oxygen atoms in total. The summed E-state index contributed by atoms with van der Waals surface area (Å²) in [4.78, 5) is 14.9. The first-order chi connectivity index (χ1) is 9.75. The highest BCUT2D eigenvalue weighted by Crippen LogP contribution is 2.29. The molecule has 1 saturated heterocycles. The van der Waals surface area contributed by atoms with Crippen LogP contribution in [0.1, 0.15) is 24.7 Å². The first kappa shape index (κ1) is 12.7. The number of nitrogens with zero attached hydrogens (tertiary/aromatic N) is 3. The van der Waals surface area contributed by atoms with Crippen molar-refractivity contribution in [3.63, 3.8) is 0 Å². The highest BCUT2D eigenvalue weighted by Gasteiger charge is 2.24. The summed E-state index contributed by atoms with van der Waals surface area (Å²) in [6, 6.07) is 6.41. The summed E-state index contributed by atoms with van der Waals surface area (Å²) in [6.45, 7) is 1.81. The second-order valence-corrected chi connectivity index (χ2v) is 4.77. The molecule has 2 aromatic rings. The van der Waals surface area contributed by atoms with E-state index in [1.165, 1.54) is 6.07 Å². The normalized spacial score (nSPS) is 18.9. The van der Waals surface area contributed by atoms with Crippen molar-refractivity contribution in [1.29, 1.82) is 0 Å². The smallest absolute Gasteiger partial charge is 0.280 e. The molecule has 1 aliphatic rings. The number of para-hydroxylation sites is 1. The maximum absolute atomic E-state index is 11.0. The topological polar surface area (TPSA) is 94.1 Å². The van der Waals surface area contributed by atoms with E-state index in [1.807, 2.05) is 0 Å². The van der Waals surface area contributed by atoms with E-state index in [1.54, 1.807) is 18.2 Å². The predicted molar refractivity (Wildman–Crippen MR) is 71.2 cm³/mol. The molecule has 1 atom stereocenters. The lowest BCUT2D eigenvalue weighted by Crippen LogP contribution is -2.28. The van der Waals surface area contributed by atoms with Gasteiger partial charge in [-0.15, -0.1) is 0 Å². The summed E-state index contributed by atoms with van der Waals surface area (Å²) in [7, 11) is 0. The molecule has 1 aromatic carbocycles. The minimum atomic E-state index is -0.437. The van der Waals surface area contributed by atoms with Crippen LogP contribution in [0.15, 0.2) is 28.8 Å². The third kappa shape index (κ3) is 2.39. The van der Waals surface area contributed by atoms with Gasteiger partial charge >= 0.3 is 0 Å². The van der Waals surface area contributed by atoms with Crippen molar-refractivity contribution < 1.29 is 9.45 Å². The van der Waals surface area contributed by atoms with Crippen LogP contribution in [0.4, 0.5) is 5.69 Å². The molecule has 7 heteroatoms. The lowest BCUT2D eigenvalue weighted by atomic mass is 10.00. The summed E-state index contributed by atoms with van der Waals surface area (Å²) in [5.41, 5.74) is 0.373. The van der Waals surface area contributed by atoms with Gasteiger partial charge in [0.2, 0.25) is 11.7 Å². The lowest BCUT2D eigenvalue weighted by Gasteiger charge is -2.18. The zero-order valence-electron chi connectivity index (χ0n) is 10.8. The van der Waals surface area contributed by atoms with E-state index < -0.39 is 4.92 Å². The highest BCUT2D eigenvalue weighted by molar-refractivity contribution is 5.67. The molecule has 2 heterocycles. The summed E-state index contributed by atoms with van der Waals surface area (Å²) in [5.74, 6) is 1.01. The van der Waals surface area contributed by atoms with Crippen LogP contribution in [0.3, 0.4) is 0 Å². The second kappa shape index (κ2) is 5.38. The Morgan fingerprint density at radius 2 is 2.25 bits per heavy atom. The molecule has 1 fully saturated rings. The average Bonchev–Trinajstić information content (AvgIpc) is 2.98. The maximum atomic E-state index is 11.0. The lowest BCUT2D eigenvalue weighted by molar-refractivity contribution is -0.384. The summed E-state index contributed by atoms with van der Waals surface area (Å²) in [6.07, 6.45) is 2.05. The molecule has 0 spiro atoms. The largest absolute Gasteiger partial charge is 0.339 e. The third-order valence-electron chi connectivity index (χ3n) is 3.43. The van der Waals surface area contributed by atoms with Crippen LogP contribution in [-0.2, 0) is 0 Å². The first-order valence-corrected chi connectivity index (χ1v) is 6.54. The summed E-state index contributed by atoms with van der Waals surface area (Å²) < 4.78 is 5.27. The molecular weight excluding hydrogens is 260 g/mol. The van der Waals surface area contributed by atoms with Gasteiger partial charge in [-0.2, -0.15) is 4.98 Å². The highest BCUT2D eigenvalue weighted by atomic mass is 16.6. The number of hydrogen-bond donors (Lipinski definition) is 1. The van der Waals surface area contributed by atoms with Crippen LogP contribution < -0.4 is 5.32 Å². The fourth-order valence-corrected chi connectivity index (χ4v) is 2.39. The van der Waals surface area contributed by atoms with Crippen molar-refractivity contribution in [2.24, 2.45) is 0 Å². The number of nitrogens with one attached hydrogen (secondary N) is 1. The second-order valence-electron chi connectivity index (χ2n) is 4.77. The standard InChI is InChI=1S/C13H14N4O3/c18-17(19)11-6-2-1-5-10(11)12-15-13(20-16-12)9-4-3-7-14-8-9/h1-2,5-6,9,14H,3-4,7-8H2/t9-/m0/s1. The third-order valence-corrected chi connectivity index (χ3v) is 3.43. The molecule has 0 bridgehead atoms. The van der Waals surface area contributed by atoms with Gasteiger partial charge in [0.05, 0.1) is 10.8 Å². The van der Waals surface area contributed by atoms with Gasteiger partial charge in [-0.1, -0.05) is 17.3 Å². The molecule has 3 rings (SSSR count). The zero-order chi connectivity index (χ0) is 13.9. The van der Waals surface area contributed by atoms with Gasteiger partial charge in [0.25, 0.3) is 5.69 Å². The van der Waals surface area contributed by atoms with E-state index in [0.29, 0.717) is 11.5 Å². The van der Waals surface area contributed by atoms with Crippen LogP contribution in [0, 0.1) is 10.1 Å². The van der Waals surface area contributed by atoms with Gasteiger partial charge in [0.15, 0.2) is 0 Å². The predicted octanol–water partition coefficient (Wildman–Crippen LogP) is 2.11. The number of nitro benzene ring substituents is 1. The summed E-state index contributed by atoms with van der Waals surface area (Å²) in [5, 5.41) is 18.2. The van der Waals surface area contributed by atoms with Crippen LogP contribution in [0.5, 0.6) is 0 Å². The van der Waals surface area contributed by atoms with Crippen LogP contribution in [-0.4, -0.2) is 28.2 Å². The SMILES string of the molecule is O=[N+]([O-])c1ccccc1-c1noc([C@H]2CCCNC2)n1. The minimum absolute atomic E-state index is 0.0124. The van der Waals surface area contributed by atoms with E-state index in [4.69, 9.17) is 4.52 Å². The fraction of sp³-hybridized carbons (Fsp3) is 0.385. The Morgan fingerprint density at radius 3 is 3.00 bits per heavy atom. The van der Waals surface area contributed by atoms with Gasteiger partial charge in [-0.25, -0.2) is 0 Å². The molecule has 104 valence electrons. The zero-order valence-corrected chi connectivity index (χ0v) is 10.8. The average molecular weight is 274 g/mol. The quantitative estimate of drug-likeness (QED) is 0.680. The van der Waals surface area contributed by atoms with Crippen molar-refractivity contribution in [3.05, 3.63) is 40.3 Å². The molecule has 0 saturated carbocycles. The molecule has 1 N–H and O–H groups in total. The van der Waals surface area contributed by atoms with Gasteiger partial charge < -0.3 is 9.84 Å². The van der Waals surface area contributed by atoms with Gasteiger partial charge in [0, 0.05) is 12.6 Å². The van der Waals surface area contributed by atoms with E-state index in [9.17, 15) is 10.1 Å². The van der Waals surface area contributed by atoms with Gasteiger partial charge in [0.1, 0.15) is 5.56 Å². The molecule has 1 aromatic heterocycles. The van der Waals surface area contributed by atoms with Crippen molar-refractivity contribution >= 4 is 5.69 Å². The molecular formula is C13H14N4O3. The number of nitro groups is 1. The van der Waals surface area contributed by atoms with E-state index in [2.05, 4.69) is 15.5 Å². The van der Waals surface area contributed by atoms with Crippen molar-refractivity contribution in [2.45, 2.75) is 18.8 Å². The number of benzene rings is 1. The molecule has 0 radical (unpaired) electrons. The monoisotopic (exact) mass is 274 g/mol. The number of aromatic nitrogens is 2. The Labute approximate surface area is 115 Å². The van der Waals surface area contributed by atoms with E-state index >= 15 is 0 Å². The van der Waals surface area contributed by atoms with Crippen molar-refractivity contribution in [2.75, 3.05) is 13.1 Å². The molecule has 0 unspecified atom stereocenters. The first-order valence-electron chi connectivity index (χ1n) is 6.54. The van der Waals surface area contributed by atoms with Crippen molar-refractivity contribution in [1.82, 2.24) is 15.5 Å². The Balaban J connectivity index is 1.92. The van der Waals surface area contributed by atoms with Crippen LogP contribution in [0.2, 0.25) is 0 Å². The van der Waals surface area contributed by atoms with Crippen LogP contribution in [0.25, 0.3) is 11.4 Å². The van der Waals surface area contributed by atoms with Crippen molar-refractivity contribution in [3.8, 4) is 11.4 Å². The number of hydrogen-bond acceptors (Lipinski definition) is 6. The minimum Gasteiger partial charge on any atom is -0.339 e. The Kier molecular flexibility index (Phi) is 3.42. The fourth-order valence-electron chi connectivity index (χ4n) is 2.39. The number of piperidine rings is 1. The maximum Gasteiger partial charge on any atom is 0.280 e. The van der Waals surface area contributed by atoms with Crippen LogP contribution >= 0.6 is 0 Å². The molecule has 0 amide bonds.